The van der Waals surface area contributed by atoms with Gasteiger partial charge in [-0.15, -0.1) is 0 Å². The average Bonchev–Trinajstić information content (AvgIpc) is 3.21. The molecule has 142 valence electrons. The van der Waals surface area contributed by atoms with Crippen molar-refractivity contribution in [1.82, 2.24) is 5.32 Å². The number of carbonyl (C=O) groups is 2. The van der Waals surface area contributed by atoms with E-state index < -0.39 is 0 Å². The third kappa shape index (κ3) is 5.37. The van der Waals surface area contributed by atoms with Crippen LogP contribution in [0, 0.1) is 5.82 Å². The van der Waals surface area contributed by atoms with Crippen LogP contribution >= 0.6 is 11.3 Å². The van der Waals surface area contributed by atoms with Crippen molar-refractivity contribution in [2.24, 2.45) is 0 Å². The number of hydrogen-bond donors (Lipinski definition) is 2. The molecule has 1 unspecified atom stereocenters. The molecule has 2 amide bonds. The Labute approximate surface area is 166 Å². The Morgan fingerprint density at radius 2 is 1.75 bits per heavy atom. The molecule has 2 N–H and O–H groups in total. The molecule has 0 saturated carbocycles. The second kappa shape index (κ2) is 9.10. The van der Waals surface area contributed by atoms with E-state index in [1.54, 1.807) is 29.5 Å². The minimum atomic E-state index is -0.387. The number of carbonyl (C=O) groups excluding carboxylic acids is 2. The molecule has 0 spiro atoms. The van der Waals surface area contributed by atoms with E-state index >= 15 is 0 Å². The number of nitrogens with one attached hydrogen (secondary N) is 2. The molecule has 3 rings (SSSR count). The molecule has 2 aromatic carbocycles. The Morgan fingerprint density at radius 1 is 1.04 bits per heavy atom. The first-order chi connectivity index (χ1) is 13.5. The van der Waals surface area contributed by atoms with Crippen molar-refractivity contribution in [2.45, 2.75) is 13.0 Å². The van der Waals surface area contributed by atoms with E-state index in [1.807, 2.05) is 35.9 Å². The van der Waals surface area contributed by atoms with Crippen molar-refractivity contribution in [3.63, 3.8) is 0 Å². The molecule has 28 heavy (non-hydrogen) atoms. The fraction of sp³-hybridized carbons (Fsp3) is 0.0909. The zero-order chi connectivity index (χ0) is 19.9. The summed E-state index contributed by atoms with van der Waals surface area (Å²) in [6.45, 7) is 1.89. The maximum absolute atomic E-state index is 12.9. The molecule has 3 aromatic rings. The molecule has 0 aliphatic carbocycles. The number of rotatable bonds is 6. The van der Waals surface area contributed by atoms with E-state index in [0.717, 1.165) is 11.1 Å². The summed E-state index contributed by atoms with van der Waals surface area (Å²) in [6, 6.07) is 14.3. The number of hydrogen-bond acceptors (Lipinski definition) is 3. The average molecular weight is 394 g/mol. The Morgan fingerprint density at radius 3 is 2.39 bits per heavy atom. The van der Waals surface area contributed by atoms with Crippen LogP contribution in [0.2, 0.25) is 0 Å². The van der Waals surface area contributed by atoms with E-state index in [-0.39, 0.29) is 23.7 Å². The van der Waals surface area contributed by atoms with Gasteiger partial charge in [0.05, 0.1) is 6.04 Å². The van der Waals surface area contributed by atoms with E-state index in [0.29, 0.717) is 11.3 Å². The van der Waals surface area contributed by atoms with Gasteiger partial charge in [0.25, 0.3) is 5.91 Å². The van der Waals surface area contributed by atoms with E-state index in [2.05, 4.69) is 10.6 Å². The standard InChI is InChI=1S/C22H19FN2O2S/c1-15(24-21(26)11-2-16-12-13-28-14-16)17-5-9-20(10-6-17)25-22(27)18-3-7-19(23)8-4-18/h2-15H,1H3,(H,24,26)(H,25,27)/b11-2+. The van der Waals surface area contributed by atoms with Gasteiger partial charge in [-0.3, -0.25) is 9.59 Å². The number of benzene rings is 2. The molecule has 0 aliphatic heterocycles. The van der Waals surface area contributed by atoms with Gasteiger partial charge in [-0.05, 0) is 77.4 Å². The van der Waals surface area contributed by atoms with Crippen LogP contribution in [0.15, 0.2) is 71.4 Å². The van der Waals surface area contributed by atoms with Gasteiger partial charge in [0.2, 0.25) is 5.91 Å². The summed E-state index contributed by atoms with van der Waals surface area (Å²) in [7, 11) is 0. The van der Waals surface area contributed by atoms with Crippen molar-refractivity contribution in [3.8, 4) is 0 Å². The molecule has 4 nitrogen and oxygen atoms in total. The molecule has 0 radical (unpaired) electrons. The summed E-state index contributed by atoms with van der Waals surface area (Å²) in [5.74, 6) is -0.873. The molecule has 1 heterocycles. The Bertz CT molecular complexity index is 965. The highest BCUT2D eigenvalue weighted by molar-refractivity contribution is 7.08. The van der Waals surface area contributed by atoms with Gasteiger partial charge < -0.3 is 10.6 Å². The number of amides is 2. The van der Waals surface area contributed by atoms with Gasteiger partial charge in [-0.1, -0.05) is 12.1 Å². The Kier molecular flexibility index (Phi) is 6.34. The second-order valence-electron chi connectivity index (χ2n) is 6.20. The van der Waals surface area contributed by atoms with Crippen molar-refractivity contribution in [2.75, 3.05) is 5.32 Å². The zero-order valence-electron chi connectivity index (χ0n) is 15.2. The summed E-state index contributed by atoms with van der Waals surface area (Å²) < 4.78 is 12.9. The molecular formula is C22H19FN2O2S. The Hall–Kier alpha value is -3.25. The lowest BCUT2D eigenvalue weighted by Crippen LogP contribution is -2.24. The van der Waals surface area contributed by atoms with E-state index in [4.69, 9.17) is 0 Å². The number of thiophene rings is 1. The summed E-state index contributed by atoms with van der Waals surface area (Å²) in [6.07, 6.45) is 3.28. The fourth-order valence-electron chi connectivity index (χ4n) is 2.55. The van der Waals surface area contributed by atoms with Gasteiger partial charge >= 0.3 is 0 Å². The van der Waals surface area contributed by atoms with Crippen LogP contribution in [-0.4, -0.2) is 11.8 Å². The molecule has 0 bridgehead atoms. The highest BCUT2D eigenvalue weighted by Crippen LogP contribution is 2.17. The van der Waals surface area contributed by atoms with Crippen LogP contribution in [0.25, 0.3) is 6.08 Å². The van der Waals surface area contributed by atoms with Crippen LogP contribution in [0.1, 0.15) is 34.5 Å². The number of halogens is 1. The molecule has 0 fully saturated rings. The smallest absolute Gasteiger partial charge is 0.255 e. The van der Waals surface area contributed by atoms with Gasteiger partial charge in [-0.2, -0.15) is 11.3 Å². The van der Waals surface area contributed by atoms with Crippen molar-refractivity contribution in [3.05, 3.63) is 93.9 Å². The molecule has 6 heteroatoms. The van der Waals surface area contributed by atoms with Crippen LogP contribution in [0.4, 0.5) is 10.1 Å². The molecule has 1 aromatic heterocycles. The predicted molar refractivity (Wildman–Crippen MR) is 111 cm³/mol. The SMILES string of the molecule is CC(NC(=O)/C=C/c1ccsc1)c1ccc(NC(=O)c2ccc(F)cc2)cc1. The number of anilines is 1. The van der Waals surface area contributed by atoms with Crippen molar-refractivity contribution < 1.29 is 14.0 Å². The first kappa shape index (κ1) is 19.5. The largest absolute Gasteiger partial charge is 0.346 e. The fourth-order valence-corrected chi connectivity index (χ4v) is 3.17. The summed E-state index contributed by atoms with van der Waals surface area (Å²) >= 11 is 1.58. The highest BCUT2D eigenvalue weighted by atomic mass is 32.1. The van der Waals surface area contributed by atoms with Gasteiger partial charge in [-0.25, -0.2) is 4.39 Å². The van der Waals surface area contributed by atoms with Crippen LogP contribution in [-0.2, 0) is 4.79 Å². The van der Waals surface area contributed by atoms with Crippen LogP contribution < -0.4 is 10.6 Å². The minimum absolute atomic E-state index is 0.174. The van der Waals surface area contributed by atoms with Crippen LogP contribution in [0.5, 0.6) is 0 Å². The normalized spacial score (nSPS) is 11.9. The second-order valence-corrected chi connectivity index (χ2v) is 6.98. The quantitative estimate of drug-likeness (QED) is 0.576. The van der Waals surface area contributed by atoms with E-state index in [1.165, 1.54) is 30.3 Å². The highest BCUT2D eigenvalue weighted by Gasteiger charge is 2.09. The third-order valence-electron chi connectivity index (χ3n) is 4.10. The molecule has 1 atom stereocenters. The summed E-state index contributed by atoms with van der Waals surface area (Å²) in [5, 5.41) is 9.59. The van der Waals surface area contributed by atoms with Crippen molar-refractivity contribution in [1.29, 1.82) is 0 Å². The third-order valence-corrected chi connectivity index (χ3v) is 4.81. The molecule has 0 aliphatic rings. The monoisotopic (exact) mass is 394 g/mol. The van der Waals surface area contributed by atoms with Crippen LogP contribution in [0.3, 0.4) is 0 Å². The van der Waals surface area contributed by atoms with Crippen molar-refractivity contribution >= 4 is 34.9 Å². The van der Waals surface area contributed by atoms with Gasteiger partial charge in [0.1, 0.15) is 5.82 Å². The Balaban J connectivity index is 1.56. The maximum Gasteiger partial charge on any atom is 0.255 e. The lowest BCUT2D eigenvalue weighted by molar-refractivity contribution is -0.117. The van der Waals surface area contributed by atoms with Gasteiger partial charge in [0, 0.05) is 17.3 Å². The molecular weight excluding hydrogens is 375 g/mol. The summed E-state index contributed by atoms with van der Waals surface area (Å²) in [5.41, 5.74) is 2.91. The van der Waals surface area contributed by atoms with E-state index in [9.17, 15) is 14.0 Å². The zero-order valence-corrected chi connectivity index (χ0v) is 16.0. The lowest BCUT2D eigenvalue weighted by Gasteiger charge is -2.14. The minimum Gasteiger partial charge on any atom is -0.346 e. The lowest BCUT2D eigenvalue weighted by atomic mass is 10.1. The van der Waals surface area contributed by atoms with Gasteiger partial charge in [0.15, 0.2) is 0 Å². The first-order valence-corrected chi connectivity index (χ1v) is 9.63. The predicted octanol–water partition coefficient (Wildman–Crippen LogP) is 5.03. The topological polar surface area (TPSA) is 58.2 Å². The maximum atomic E-state index is 12.9. The summed E-state index contributed by atoms with van der Waals surface area (Å²) in [4.78, 5) is 24.2. The molecule has 0 saturated heterocycles. The first-order valence-electron chi connectivity index (χ1n) is 8.69.